The van der Waals surface area contributed by atoms with Crippen molar-refractivity contribution in [3.63, 3.8) is 0 Å². The summed E-state index contributed by atoms with van der Waals surface area (Å²) in [4.78, 5) is 42.7. The van der Waals surface area contributed by atoms with Gasteiger partial charge in [0.1, 0.15) is 11.9 Å². The maximum Gasteiger partial charge on any atom is 0.250 e. The van der Waals surface area contributed by atoms with Crippen LogP contribution in [-0.4, -0.2) is 47.2 Å². The van der Waals surface area contributed by atoms with E-state index in [1.54, 1.807) is 22.7 Å². The van der Waals surface area contributed by atoms with Gasteiger partial charge in [0.05, 0.1) is 11.8 Å². The van der Waals surface area contributed by atoms with Crippen LogP contribution in [0.25, 0.3) is 0 Å². The van der Waals surface area contributed by atoms with Gasteiger partial charge < -0.3 is 4.90 Å². The van der Waals surface area contributed by atoms with Crippen molar-refractivity contribution in [1.82, 2.24) is 4.90 Å². The number of halogens is 1. The Morgan fingerprint density at radius 2 is 1.86 bits per heavy atom. The minimum absolute atomic E-state index is 0.185. The number of carbonyl (C=O) groups excluding carboxylic acids is 3. The average Bonchev–Trinajstić information content (AvgIpc) is 2.99. The van der Waals surface area contributed by atoms with Crippen LogP contribution in [0.4, 0.5) is 10.1 Å². The van der Waals surface area contributed by atoms with Gasteiger partial charge in [-0.2, -0.15) is 11.8 Å². The minimum Gasteiger partial charge on any atom is -0.310 e. The third-order valence-electron chi connectivity index (χ3n) is 6.50. The third-order valence-corrected chi connectivity index (χ3v) is 7.14. The van der Waals surface area contributed by atoms with Gasteiger partial charge in [-0.15, -0.1) is 0 Å². The van der Waals surface area contributed by atoms with Crippen molar-refractivity contribution in [2.24, 2.45) is 11.8 Å². The van der Waals surface area contributed by atoms with Crippen LogP contribution in [0.2, 0.25) is 0 Å². The number of fused-ring (bicyclic) bond motifs is 2. The molecule has 156 valence electrons. The molecule has 0 radical (unpaired) electrons. The summed E-state index contributed by atoms with van der Waals surface area (Å²) < 4.78 is 13.9. The van der Waals surface area contributed by atoms with Gasteiger partial charge in [0.2, 0.25) is 17.7 Å². The van der Waals surface area contributed by atoms with Gasteiger partial charge in [0, 0.05) is 12.2 Å². The summed E-state index contributed by atoms with van der Waals surface area (Å²) in [7, 11) is 0. The number of benzene rings is 1. The highest BCUT2D eigenvalue weighted by molar-refractivity contribution is 7.98. The van der Waals surface area contributed by atoms with Crippen LogP contribution in [0, 0.1) is 17.7 Å². The van der Waals surface area contributed by atoms with Gasteiger partial charge in [0.15, 0.2) is 0 Å². The molecule has 3 aliphatic rings. The fourth-order valence-electron chi connectivity index (χ4n) is 5.04. The number of thioether (sulfide) groups is 1. The normalized spacial score (nSPS) is 25.0. The first-order chi connectivity index (χ1) is 14.0. The molecule has 1 saturated heterocycles. The lowest BCUT2D eigenvalue weighted by Gasteiger charge is -2.35. The second kappa shape index (κ2) is 8.46. The lowest BCUT2D eigenvalue weighted by molar-refractivity contribution is -0.147. The Bertz CT molecular complexity index is 806. The number of rotatable bonds is 5. The summed E-state index contributed by atoms with van der Waals surface area (Å²) in [5, 5.41) is 0. The maximum atomic E-state index is 13.9. The summed E-state index contributed by atoms with van der Waals surface area (Å²) in [6.07, 6.45) is 7.32. The van der Waals surface area contributed by atoms with Crippen LogP contribution >= 0.6 is 11.8 Å². The Labute approximate surface area is 175 Å². The molecule has 0 aromatic heterocycles. The lowest BCUT2D eigenvalue weighted by Crippen LogP contribution is -2.53. The number of nitrogens with zero attached hydrogens (tertiary/aromatic N) is 2. The van der Waals surface area contributed by atoms with Crippen molar-refractivity contribution in [2.45, 2.75) is 51.0 Å². The number of aryl methyl sites for hydroxylation is 1. The molecule has 7 heteroatoms. The second-order valence-corrected chi connectivity index (χ2v) is 9.19. The molecule has 1 saturated carbocycles. The first-order valence-electron chi connectivity index (χ1n) is 10.5. The smallest absolute Gasteiger partial charge is 0.250 e. The fraction of sp³-hybridized carbons (Fsp3) is 0.591. The highest BCUT2D eigenvalue weighted by atomic mass is 32.2. The fourth-order valence-corrected chi connectivity index (χ4v) is 5.50. The lowest BCUT2D eigenvalue weighted by atomic mass is 9.81. The molecule has 3 amide bonds. The number of anilines is 1. The Balaban J connectivity index is 1.66. The zero-order valence-corrected chi connectivity index (χ0v) is 17.5. The number of carbonyl (C=O) groups is 3. The molecule has 1 aromatic carbocycles. The third kappa shape index (κ3) is 3.69. The number of amides is 3. The van der Waals surface area contributed by atoms with Gasteiger partial charge in [-0.1, -0.05) is 18.9 Å². The molecule has 1 aromatic rings. The summed E-state index contributed by atoms with van der Waals surface area (Å²) in [5.41, 5.74) is 1.51. The highest BCUT2D eigenvalue weighted by Gasteiger charge is 2.52. The molecule has 4 rings (SSSR count). The molecular weight excluding hydrogens is 391 g/mol. The molecule has 3 atom stereocenters. The monoisotopic (exact) mass is 418 g/mol. The molecule has 2 fully saturated rings. The van der Waals surface area contributed by atoms with Gasteiger partial charge in [-0.3, -0.25) is 19.3 Å². The van der Waals surface area contributed by atoms with E-state index in [2.05, 4.69) is 0 Å². The van der Waals surface area contributed by atoms with Crippen molar-refractivity contribution in [2.75, 3.05) is 23.5 Å². The summed E-state index contributed by atoms with van der Waals surface area (Å²) >= 11 is 1.59. The zero-order chi connectivity index (χ0) is 20.5. The maximum absolute atomic E-state index is 13.9. The zero-order valence-electron chi connectivity index (χ0n) is 16.7. The van der Waals surface area contributed by atoms with Crippen molar-refractivity contribution in [3.05, 3.63) is 29.6 Å². The predicted molar refractivity (Wildman–Crippen MR) is 111 cm³/mol. The topological polar surface area (TPSA) is 57.7 Å². The molecule has 0 spiro atoms. The van der Waals surface area contributed by atoms with E-state index >= 15 is 0 Å². The van der Waals surface area contributed by atoms with E-state index in [1.807, 2.05) is 6.26 Å². The van der Waals surface area contributed by atoms with E-state index in [9.17, 15) is 18.8 Å². The quantitative estimate of drug-likeness (QED) is 0.688. The first kappa shape index (κ1) is 20.4. The molecule has 2 heterocycles. The SMILES string of the molecule is CSCCC(C(=O)N1CCCc2ccc(F)cc21)N1C(=O)C2CCCCC2C1=O. The van der Waals surface area contributed by atoms with E-state index in [0.717, 1.165) is 44.1 Å². The number of imide groups is 1. The summed E-state index contributed by atoms with van der Waals surface area (Å²) in [5.74, 6) is -0.883. The van der Waals surface area contributed by atoms with Crippen LogP contribution in [0.1, 0.15) is 44.1 Å². The second-order valence-electron chi connectivity index (χ2n) is 8.21. The van der Waals surface area contributed by atoms with Gasteiger partial charge in [-0.05, 0) is 61.8 Å². The van der Waals surface area contributed by atoms with E-state index in [-0.39, 0.29) is 35.4 Å². The van der Waals surface area contributed by atoms with Crippen LogP contribution in [-0.2, 0) is 20.8 Å². The van der Waals surface area contributed by atoms with E-state index < -0.39 is 6.04 Å². The van der Waals surface area contributed by atoms with Gasteiger partial charge >= 0.3 is 0 Å². The number of hydrogen-bond acceptors (Lipinski definition) is 4. The van der Waals surface area contributed by atoms with Crippen molar-refractivity contribution >= 4 is 35.2 Å². The molecule has 29 heavy (non-hydrogen) atoms. The van der Waals surface area contributed by atoms with Gasteiger partial charge in [0.25, 0.3) is 0 Å². The molecule has 5 nitrogen and oxygen atoms in total. The molecule has 2 aliphatic heterocycles. The van der Waals surface area contributed by atoms with Crippen LogP contribution in [0.15, 0.2) is 18.2 Å². The number of hydrogen-bond donors (Lipinski definition) is 0. The van der Waals surface area contributed by atoms with Gasteiger partial charge in [-0.25, -0.2) is 4.39 Å². The summed E-state index contributed by atoms with van der Waals surface area (Å²) in [6.45, 7) is 0.480. The van der Waals surface area contributed by atoms with E-state index in [1.165, 1.54) is 17.0 Å². The Kier molecular flexibility index (Phi) is 5.95. The molecular formula is C22H27FN2O3S. The Morgan fingerprint density at radius 1 is 1.17 bits per heavy atom. The molecule has 3 unspecified atom stereocenters. The minimum atomic E-state index is -0.803. The van der Waals surface area contributed by atoms with Crippen LogP contribution in [0.5, 0.6) is 0 Å². The number of likely N-dealkylation sites (tertiary alicyclic amines) is 1. The largest absolute Gasteiger partial charge is 0.310 e. The van der Waals surface area contributed by atoms with Crippen LogP contribution in [0.3, 0.4) is 0 Å². The standard InChI is InChI=1S/C22H27FN2O3S/c1-29-12-10-18(25-20(26)16-6-2-3-7-17(16)21(25)27)22(28)24-11-4-5-14-8-9-15(23)13-19(14)24/h8-9,13,16-18H,2-7,10-12H2,1H3. The van der Waals surface area contributed by atoms with Crippen molar-refractivity contribution < 1.29 is 18.8 Å². The average molecular weight is 419 g/mol. The van der Waals surface area contributed by atoms with Crippen molar-refractivity contribution in [1.29, 1.82) is 0 Å². The molecule has 0 bridgehead atoms. The molecule has 0 N–H and O–H groups in total. The Morgan fingerprint density at radius 3 is 2.52 bits per heavy atom. The first-order valence-corrected chi connectivity index (χ1v) is 11.9. The molecule has 1 aliphatic carbocycles. The van der Waals surface area contributed by atoms with E-state index in [0.29, 0.717) is 24.4 Å². The summed E-state index contributed by atoms with van der Waals surface area (Å²) in [6, 6.07) is 3.73. The predicted octanol–water partition coefficient (Wildman–Crippen LogP) is 3.40. The van der Waals surface area contributed by atoms with E-state index in [4.69, 9.17) is 0 Å². The highest BCUT2D eigenvalue weighted by Crippen LogP contribution is 2.40. The Hall–Kier alpha value is -1.89. The van der Waals surface area contributed by atoms with Crippen LogP contribution < -0.4 is 4.90 Å². The van der Waals surface area contributed by atoms with Crippen molar-refractivity contribution in [3.8, 4) is 0 Å².